The normalized spacial score (nSPS) is 15.7. The molecule has 0 aromatic heterocycles. The first-order valence-electron chi connectivity index (χ1n) is 7.53. The third-order valence-corrected chi connectivity index (χ3v) is 4.30. The summed E-state index contributed by atoms with van der Waals surface area (Å²) in [5, 5.41) is 3.22. The van der Waals surface area contributed by atoms with Gasteiger partial charge in [0.25, 0.3) is 0 Å². The van der Waals surface area contributed by atoms with Crippen LogP contribution in [0.15, 0.2) is 42.5 Å². The molecule has 1 aliphatic heterocycles. The molecular weight excluding hydrogens is 263 g/mol. The molecule has 0 saturated heterocycles. The van der Waals surface area contributed by atoms with Crippen molar-refractivity contribution in [1.82, 2.24) is 5.32 Å². The minimum absolute atomic E-state index is 0.116. The second kappa shape index (κ2) is 5.86. The maximum Gasteiger partial charge on any atom is 0.147 e. The van der Waals surface area contributed by atoms with Crippen molar-refractivity contribution >= 4 is 11.4 Å². The van der Waals surface area contributed by atoms with Crippen LogP contribution < -0.4 is 10.2 Å². The number of hydrogen-bond donors (Lipinski definition) is 1. The van der Waals surface area contributed by atoms with Gasteiger partial charge >= 0.3 is 0 Å². The van der Waals surface area contributed by atoms with E-state index in [1.807, 2.05) is 19.2 Å². The predicted molar refractivity (Wildman–Crippen MR) is 85.6 cm³/mol. The number of nitrogens with zero attached hydrogens (tertiary/aromatic N) is 1. The van der Waals surface area contributed by atoms with Gasteiger partial charge in [-0.3, -0.25) is 0 Å². The van der Waals surface area contributed by atoms with E-state index in [4.69, 9.17) is 0 Å². The first kappa shape index (κ1) is 14.1. The third kappa shape index (κ3) is 2.54. The highest BCUT2D eigenvalue weighted by atomic mass is 19.1. The fourth-order valence-electron chi connectivity index (χ4n) is 3.09. The van der Waals surface area contributed by atoms with E-state index in [2.05, 4.69) is 35.3 Å². The minimum Gasteiger partial charge on any atom is -0.339 e. The SMILES string of the molecule is CNC(C)c1cccc(F)c1N1CCCc2ccccc21. The molecule has 21 heavy (non-hydrogen) atoms. The van der Waals surface area contributed by atoms with E-state index in [1.54, 1.807) is 12.1 Å². The summed E-state index contributed by atoms with van der Waals surface area (Å²) < 4.78 is 14.6. The largest absolute Gasteiger partial charge is 0.339 e. The fourth-order valence-corrected chi connectivity index (χ4v) is 3.09. The average Bonchev–Trinajstić information content (AvgIpc) is 2.53. The summed E-state index contributed by atoms with van der Waals surface area (Å²) in [5.74, 6) is -0.147. The van der Waals surface area contributed by atoms with Crippen molar-refractivity contribution in [2.75, 3.05) is 18.5 Å². The van der Waals surface area contributed by atoms with E-state index >= 15 is 0 Å². The molecule has 3 rings (SSSR count). The van der Waals surface area contributed by atoms with E-state index in [9.17, 15) is 4.39 Å². The lowest BCUT2D eigenvalue weighted by atomic mass is 9.98. The number of fused-ring (bicyclic) bond motifs is 1. The van der Waals surface area contributed by atoms with Crippen molar-refractivity contribution in [1.29, 1.82) is 0 Å². The Morgan fingerprint density at radius 2 is 1.95 bits per heavy atom. The Labute approximate surface area is 125 Å². The van der Waals surface area contributed by atoms with Crippen LogP contribution in [0.5, 0.6) is 0 Å². The van der Waals surface area contributed by atoms with Crippen molar-refractivity contribution in [3.05, 3.63) is 59.4 Å². The molecular formula is C18H21FN2. The van der Waals surface area contributed by atoms with Crippen molar-refractivity contribution in [2.24, 2.45) is 0 Å². The molecule has 1 unspecified atom stereocenters. The molecule has 1 atom stereocenters. The molecule has 0 aliphatic carbocycles. The van der Waals surface area contributed by atoms with Crippen LogP contribution in [0.2, 0.25) is 0 Å². The van der Waals surface area contributed by atoms with Crippen LogP contribution in [0.1, 0.15) is 30.5 Å². The van der Waals surface area contributed by atoms with Gasteiger partial charge in [-0.2, -0.15) is 0 Å². The molecule has 2 aromatic rings. The van der Waals surface area contributed by atoms with E-state index < -0.39 is 0 Å². The number of aryl methyl sites for hydroxylation is 1. The van der Waals surface area contributed by atoms with E-state index in [0.717, 1.165) is 30.6 Å². The molecule has 0 spiro atoms. The third-order valence-electron chi connectivity index (χ3n) is 4.30. The molecule has 1 heterocycles. The van der Waals surface area contributed by atoms with Crippen LogP contribution in [0, 0.1) is 5.82 Å². The van der Waals surface area contributed by atoms with Crippen molar-refractivity contribution in [2.45, 2.75) is 25.8 Å². The summed E-state index contributed by atoms with van der Waals surface area (Å²) in [5.41, 5.74) is 4.16. The molecule has 3 heteroatoms. The zero-order valence-corrected chi connectivity index (χ0v) is 12.6. The Morgan fingerprint density at radius 1 is 1.14 bits per heavy atom. The molecule has 0 radical (unpaired) electrons. The molecule has 1 aliphatic rings. The second-order valence-electron chi connectivity index (χ2n) is 5.57. The molecule has 2 aromatic carbocycles. The summed E-state index contributed by atoms with van der Waals surface area (Å²) in [6, 6.07) is 13.8. The Hall–Kier alpha value is -1.87. The van der Waals surface area contributed by atoms with Crippen molar-refractivity contribution < 1.29 is 4.39 Å². The van der Waals surface area contributed by atoms with Gasteiger partial charge in [0.1, 0.15) is 5.82 Å². The van der Waals surface area contributed by atoms with Gasteiger partial charge in [0.2, 0.25) is 0 Å². The average molecular weight is 284 g/mol. The van der Waals surface area contributed by atoms with E-state index in [-0.39, 0.29) is 11.9 Å². The fraction of sp³-hybridized carbons (Fsp3) is 0.333. The van der Waals surface area contributed by atoms with Crippen LogP contribution in [-0.2, 0) is 6.42 Å². The van der Waals surface area contributed by atoms with Crippen molar-refractivity contribution in [3.8, 4) is 0 Å². The standard InChI is InChI=1S/C18H21FN2/c1-13(20-2)15-9-5-10-16(19)18(15)21-12-6-8-14-7-3-4-11-17(14)21/h3-5,7,9-11,13,20H,6,8,12H2,1-2H3. The molecule has 0 saturated carbocycles. The van der Waals surface area contributed by atoms with Gasteiger partial charge < -0.3 is 10.2 Å². The maximum atomic E-state index is 14.6. The van der Waals surface area contributed by atoms with Gasteiger partial charge in [0, 0.05) is 18.3 Å². The van der Waals surface area contributed by atoms with Gasteiger partial charge in [-0.15, -0.1) is 0 Å². The van der Waals surface area contributed by atoms with Gasteiger partial charge in [-0.25, -0.2) is 4.39 Å². The second-order valence-corrected chi connectivity index (χ2v) is 5.57. The number of rotatable bonds is 3. The van der Waals surface area contributed by atoms with Crippen LogP contribution >= 0.6 is 0 Å². The van der Waals surface area contributed by atoms with Crippen LogP contribution in [0.4, 0.5) is 15.8 Å². The molecule has 1 N–H and O–H groups in total. The molecule has 2 nitrogen and oxygen atoms in total. The van der Waals surface area contributed by atoms with E-state index in [0.29, 0.717) is 5.69 Å². The Morgan fingerprint density at radius 3 is 2.76 bits per heavy atom. The lowest BCUT2D eigenvalue weighted by molar-refractivity contribution is 0.601. The molecule has 0 bridgehead atoms. The number of halogens is 1. The summed E-state index contributed by atoms with van der Waals surface area (Å²) in [6.07, 6.45) is 2.12. The van der Waals surface area contributed by atoms with Gasteiger partial charge in [-0.05, 0) is 50.1 Å². The predicted octanol–water partition coefficient (Wildman–Crippen LogP) is 4.19. The highest BCUT2D eigenvalue weighted by molar-refractivity contribution is 5.71. The summed E-state index contributed by atoms with van der Waals surface area (Å²) in [7, 11) is 1.91. The Kier molecular flexibility index (Phi) is 3.93. The summed E-state index contributed by atoms with van der Waals surface area (Å²) >= 11 is 0. The lowest BCUT2D eigenvalue weighted by Crippen LogP contribution is -2.27. The summed E-state index contributed by atoms with van der Waals surface area (Å²) in [4.78, 5) is 2.14. The summed E-state index contributed by atoms with van der Waals surface area (Å²) in [6.45, 7) is 2.93. The van der Waals surface area contributed by atoms with Gasteiger partial charge in [0.15, 0.2) is 0 Å². The van der Waals surface area contributed by atoms with Crippen LogP contribution in [0.3, 0.4) is 0 Å². The number of para-hydroxylation sites is 2. The van der Waals surface area contributed by atoms with Gasteiger partial charge in [-0.1, -0.05) is 30.3 Å². The topological polar surface area (TPSA) is 15.3 Å². The number of anilines is 2. The van der Waals surface area contributed by atoms with Crippen molar-refractivity contribution in [3.63, 3.8) is 0 Å². The molecule has 0 fully saturated rings. The smallest absolute Gasteiger partial charge is 0.147 e. The monoisotopic (exact) mass is 284 g/mol. The maximum absolute atomic E-state index is 14.6. The zero-order valence-electron chi connectivity index (χ0n) is 12.6. The first-order chi connectivity index (χ1) is 10.2. The molecule has 110 valence electrons. The lowest BCUT2D eigenvalue weighted by Gasteiger charge is -2.34. The number of nitrogens with one attached hydrogen (secondary N) is 1. The highest BCUT2D eigenvalue weighted by Gasteiger charge is 2.24. The zero-order chi connectivity index (χ0) is 14.8. The van der Waals surface area contributed by atoms with Crippen LogP contribution in [0.25, 0.3) is 0 Å². The Balaban J connectivity index is 2.14. The Bertz CT molecular complexity index is 639. The van der Waals surface area contributed by atoms with E-state index in [1.165, 1.54) is 5.56 Å². The number of benzene rings is 2. The van der Waals surface area contributed by atoms with Crippen LogP contribution in [-0.4, -0.2) is 13.6 Å². The van der Waals surface area contributed by atoms with Gasteiger partial charge in [0.05, 0.1) is 5.69 Å². The number of hydrogen-bond acceptors (Lipinski definition) is 2. The quantitative estimate of drug-likeness (QED) is 0.909. The first-order valence-corrected chi connectivity index (χ1v) is 7.53. The molecule has 0 amide bonds. The minimum atomic E-state index is -0.147. The highest BCUT2D eigenvalue weighted by Crippen LogP contribution is 2.38.